The highest BCUT2D eigenvalue weighted by Gasteiger charge is 2.10. The Kier molecular flexibility index (Phi) is 4.03. The number of primary sulfonamides is 1. The molecule has 0 bridgehead atoms. The molecule has 0 heterocycles. The minimum Gasteiger partial charge on any atom is -0.322 e. The van der Waals surface area contributed by atoms with Gasteiger partial charge in [-0.25, -0.2) is 13.6 Å². The molecule has 0 saturated carbocycles. The number of nitrogens with two attached hydrogens (primary N) is 1. The van der Waals surface area contributed by atoms with E-state index in [4.69, 9.17) is 5.14 Å². The quantitative estimate of drug-likeness (QED) is 0.793. The molecular weight excluding hydrogens is 240 g/mol. The van der Waals surface area contributed by atoms with Gasteiger partial charge in [-0.3, -0.25) is 4.79 Å². The average molecular weight is 254 g/mol. The molecule has 0 aliphatic rings. The summed E-state index contributed by atoms with van der Waals surface area (Å²) in [6.07, 6.45) is 3.00. The van der Waals surface area contributed by atoms with Crippen molar-refractivity contribution in [2.45, 2.75) is 18.7 Å². The summed E-state index contributed by atoms with van der Waals surface area (Å²) in [6.45, 7) is 3.43. The van der Waals surface area contributed by atoms with Gasteiger partial charge in [0.1, 0.15) is 0 Å². The van der Waals surface area contributed by atoms with Gasteiger partial charge in [0.2, 0.25) is 15.9 Å². The third kappa shape index (κ3) is 3.69. The standard InChI is InChI=1S/C11H14N2O3S/c1-3-4-11(14)13-10-6-5-9(7-8(10)2)17(12,15)16/h3-7H,1-2H3,(H,13,14)(H2,12,15,16). The smallest absolute Gasteiger partial charge is 0.248 e. The van der Waals surface area contributed by atoms with E-state index in [0.717, 1.165) is 0 Å². The fourth-order valence-electron chi connectivity index (χ4n) is 1.28. The van der Waals surface area contributed by atoms with E-state index in [2.05, 4.69) is 5.32 Å². The van der Waals surface area contributed by atoms with Gasteiger partial charge in [0.05, 0.1) is 4.90 Å². The summed E-state index contributed by atoms with van der Waals surface area (Å²) in [5, 5.41) is 7.63. The van der Waals surface area contributed by atoms with Crippen LogP contribution in [0.5, 0.6) is 0 Å². The molecule has 1 aromatic rings. The molecule has 3 N–H and O–H groups in total. The molecule has 0 atom stereocenters. The molecule has 0 unspecified atom stereocenters. The van der Waals surface area contributed by atoms with Gasteiger partial charge in [0.25, 0.3) is 0 Å². The van der Waals surface area contributed by atoms with E-state index in [0.29, 0.717) is 11.3 Å². The van der Waals surface area contributed by atoms with E-state index in [1.165, 1.54) is 24.3 Å². The van der Waals surface area contributed by atoms with Crippen LogP contribution in [-0.2, 0) is 14.8 Å². The summed E-state index contributed by atoms with van der Waals surface area (Å²) in [7, 11) is -3.71. The van der Waals surface area contributed by atoms with E-state index in [9.17, 15) is 13.2 Å². The van der Waals surface area contributed by atoms with Crippen LogP contribution in [0.25, 0.3) is 0 Å². The van der Waals surface area contributed by atoms with Crippen molar-refractivity contribution in [2.24, 2.45) is 5.14 Å². The first-order valence-electron chi connectivity index (χ1n) is 4.91. The number of rotatable bonds is 3. The van der Waals surface area contributed by atoms with Crippen LogP contribution in [0.3, 0.4) is 0 Å². The molecule has 1 aromatic carbocycles. The Hall–Kier alpha value is -1.66. The fourth-order valence-corrected chi connectivity index (χ4v) is 1.88. The zero-order valence-electron chi connectivity index (χ0n) is 9.60. The maximum absolute atomic E-state index is 11.3. The van der Waals surface area contributed by atoms with Crippen LogP contribution < -0.4 is 10.5 Å². The van der Waals surface area contributed by atoms with Gasteiger partial charge < -0.3 is 5.32 Å². The summed E-state index contributed by atoms with van der Waals surface area (Å²) in [4.78, 5) is 11.3. The first-order valence-corrected chi connectivity index (χ1v) is 6.46. The highest BCUT2D eigenvalue weighted by atomic mass is 32.2. The Labute approximate surface area is 100 Å². The third-order valence-electron chi connectivity index (χ3n) is 2.10. The molecule has 17 heavy (non-hydrogen) atoms. The number of hydrogen-bond acceptors (Lipinski definition) is 3. The predicted molar refractivity (Wildman–Crippen MR) is 66.0 cm³/mol. The predicted octanol–water partition coefficient (Wildman–Crippen LogP) is 1.16. The number of allylic oxidation sites excluding steroid dienone is 1. The molecular formula is C11H14N2O3S. The van der Waals surface area contributed by atoms with Gasteiger partial charge in [-0.2, -0.15) is 0 Å². The second-order valence-electron chi connectivity index (χ2n) is 3.51. The maximum atomic E-state index is 11.3. The number of benzene rings is 1. The van der Waals surface area contributed by atoms with Gasteiger partial charge in [-0.1, -0.05) is 6.08 Å². The lowest BCUT2D eigenvalue weighted by molar-refractivity contribution is -0.111. The van der Waals surface area contributed by atoms with Gasteiger partial charge in [-0.15, -0.1) is 0 Å². The third-order valence-corrected chi connectivity index (χ3v) is 3.01. The number of nitrogens with one attached hydrogen (secondary N) is 1. The van der Waals surface area contributed by atoms with Gasteiger partial charge in [-0.05, 0) is 43.7 Å². The van der Waals surface area contributed by atoms with Gasteiger partial charge >= 0.3 is 0 Å². The van der Waals surface area contributed by atoms with E-state index >= 15 is 0 Å². The van der Waals surface area contributed by atoms with E-state index < -0.39 is 10.0 Å². The number of sulfonamides is 1. The van der Waals surface area contributed by atoms with Crippen LogP contribution in [0.15, 0.2) is 35.2 Å². The lowest BCUT2D eigenvalue weighted by Crippen LogP contribution is -2.13. The van der Waals surface area contributed by atoms with Crippen molar-refractivity contribution in [1.29, 1.82) is 0 Å². The zero-order valence-corrected chi connectivity index (χ0v) is 10.4. The van der Waals surface area contributed by atoms with Crippen LogP contribution in [-0.4, -0.2) is 14.3 Å². The molecule has 0 radical (unpaired) electrons. The van der Waals surface area contributed by atoms with Gasteiger partial charge in [0.15, 0.2) is 0 Å². The van der Waals surface area contributed by atoms with Crippen molar-refractivity contribution in [3.8, 4) is 0 Å². The molecule has 1 rings (SSSR count). The Morgan fingerprint density at radius 3 is 2.53 bits per heavy atom. The van der Waals surface area contributed by atoms with Crippen molar-refractivity contribution in [1.82, 2.24) is 0 Å². The Morgan fingerprint density at radius 1 is 1.41 bits per heavy atom. The van der Waals surface area contributed by atoms with E-state index in [-0.39, 0.29) is 10.8 Å². The molecule has 1 amide bonds. The second kappa shape index (κ2) is 5.11. The second-order valence-corrected chi connectivity index (χ2v) is 5.07. The molecule has 0 saturated heterocycles. The van der Waals surface area contributed by atoms with E-state index in [1.54, 1.807) is 19.9 Å². The number of aryl methyl sites for hydroxylation is 1. The monoisotopic (exact) mass is 254 g/mol. The Bertz CT molecular complexity index is 562. The normalized spacial score (nSPS) is 11.7. The topological polar surface area (TPSA) is 89.3 Å². The van der Waals surface area contributed by atoms with Crippen molar-refractivity contribution in [3.63, 3.8) is 0 Å². The summed E-state index contributed by atoms with van der Waals surface area (Å²) in [5.74, 6) is -0.265. The number of carbonyl (C=O) groups excluding carboxylic acids is 1. The summed E-state index contributed by atoms with van der Waals surface area (Å²) in [5.41, 5.74) is 1.19. The lowest BCUT2D eigenvalue weighted by atomic mass is 10.2. The van der Waals surface area contributed by atoms with Crippen LogP contribution >= 0.6 is 0 Å². The molecule has 0 spiro atoms. The van der Waals surface area contributed by atoms with Crippen LogP contribution in [0.1, 0.15) is 12.5 Å². The number of carbonyl (C=O) groups is 1. The number of hydrogen-bond donors (Lipinski definition) is 2. The van der Waals surface area contributed by atoms with Crippen molar-refractivity contribution in [2.75, 3.05) is 5.32 Å². The lowest BCUT2D eigenvalue weighted by Gasteiger charge is -2.07. The summed E-state index contributed by atoms with van der Waals surface area (Å²) >= 11 is 0. The van der Waals surface area contributed by atoms with Crippen molar-refractivity contribution >= 4 is 21.6 Å². The zero-order chi connectivity index (χ0) is 13.1. The number of anilines is 1. The minimum absolute atomic E-state index is 0.0269. The minimum atomic E-state index is -3.71. The molecule has 0 fully saturated rings. The molecule has 0 aromatic heterocycles. The van der Waals surface area contributed by atoms with Crippen molar-refractivity contribution in [3.05, 3.63) is 35.9 Å². The SMILES string of the molecule is CC=CC(=O)Nc1ccc(S(N)(=O)=O)cc1C. The molecule has 0 aliphatic carbocycles. The molecule has 92 valence electrons. The van der Waals surface area contributed by atoms with Crippen LogP contribution in [0.2, 0.25) is 0 Å². The van der Waals surface area contributed by atoms with Crippen LogP contribution in [0.4, 0.5) is 5.69 Å². The Morgan fingerprint density at radius 2 is 2.06 bits per heavy atom. The highest BCUT2D eigenvalue weighted by Crippen LogP contribution is 2.18. The van der Waals surface area contributed by atoms with Crippen molar-refractivity contribution < 1.29 is 13.2 Å². The first-order chi connectivity index (χ1) is 7.84. The average Bonchev–Trinajstić information content (AvgIpc) is 2.20. The summed E-state index contributed by atoms with van der Waals surface area (Å²) < 4.78 is 22.2. The molecule has 6 heteroatoms. The fraction of sp³-hybridized carbons (Fsp3) is 0.182. The first kappa shape index (κ1) is 13.4. The highest BCUT2D eigenvalue weighted by molar-refractivity contribution is 7.89. The maximum Gasteiger partial charge on any atom is 0.248 e. The largest absolute Gasteiger partial charge is 0.322 e. The molecule has 0 aliphatic heterocycles. The number of amides is 1. The molecule has 5 nitrogen and oxygen atoms in total. The summed E-state index contributed by atoms with van der Waals surface area (Å²) in [6, 6.07) is 4.28. The van der Waals surface area contributed by atoms with Gasteiger partial charge in [0, 0.05) is 5.69 Å². The van der Waals surface area contributed by atoms with E-state index in [1.807, 2.05) is 0 Å². The Balaban J connectivity index is 3.03. The van der Waals surface area contributed by atoms with Crippen LogP contribution in [0, 0.1) is 6.92 Å².